The molecule has 0 atom stereocenters. The number of carbonyl (C=O) groups excluding carboxylic acids is 2. The van der Waals surface area contributed by atoms with Gasteiger partial charge in [0, 0.05) is 11.6 Å². The van der Waals surface area contributed by atoms with Crippen molar-refractivity contribution < 1.29 is 19.1 Å². The Morgan fingerprint density at radius 2 is 1.67 bits per heavy atom. The van der Waals surface area contributed by atoms with E-state index in [1.807, 2.05) is 0 Å². The number of hydrogen-bond donors (Lipinski definition) is 0. The highest BCUT2D eigenvalue weighted by Gasteiger charge is 2.11. The van der Waals surface area contributed by atoms with E-state index in [2.05, 4.69) is 0 Å². The summed E-state index contributed by atoms with van der Waals surface area (Å²) in [6.45, 7) is 2.73. The first-order valence-corrected chi connectivity index (χ1v) is 5.45. The summed E-state index contributed by atoms with van der Waals surface area (Å²) >= 11 is 0. The summed E-state index contributed by atoms with van der Waals surface area (Å²) < 4.78 is 10.3. The van der Waals surface area contributed by atoms with E-state index in [9.17, 15) is 9.59 Å². The van der Waals surface area contributed by atoms with Crippen LogP contribution in [0.15, 0.2) is 23.8 Å². The fraction of sp³-hybridized carbons (Fsp3) is 0.286. The molecule has 0 unspecified atom stereocenters. The van der Waals surface area contributed by atoms with E-state index in [4.69, 9.17) is 9.47 Å². The lowest BCUT2D eigenvalue weighted by atomic mass is 10.0. The van der Waals surface area contributed by atoms with Crippen LogP contribution < -0.4 is 9.47 Å². The van der Waals surface area contributed by atoms with Crippen LogP contribution in [0.5, 0.6) is 11.5 Å². The van der Waals surface area contributed by atoms with Crippen LogP contribution in [-0.2, 0) is 9.59 Å². The minimum absolute atomic E-state index is 0.151. The molecule has 0 radical (unpaired) electrons. The van der Waals surface area contributed by atoms with Gasteiger partial charge < -0.3 is 9.47 Å². The minimum atomic E-state index is -0.264. The molecule has 0 amide bonds. The molecule has 0 aliphatic carbocycles. The van der Waals surface area contributed by atoms with Crippen molar-refractivity contribution in [1.29, 1.82) is 0 Å². The monoisotopic (exact) mass is 248 g/mol. The fourth-order valence-corrected chi connectivity index (χ4v) is 1.54. The third kappa shape index (κ3) is 3.20. The van der Waals surface area contributed by atoms with Crippen LogP contribution >= 0.6 is 0 Å². The molecule has 4 nitrogen and oxygen atoms in total. The van der Waals surface area contributed by atoms with Gasteiger partial charge in [0.25, 0.3) is 0 Å². The molecule has 0 saturated heterocycles. The quantitative estimate of drug-likeness (QED) is 0.455. The van der Waals surface area contributed by atoms with Crippen LogP contribution in [0.4, 0.5) is 0 Å². The van der Waals surface area contributed by atoms with E-state index in [1.54, 1.807) is 25.3 Å². The maximum atomic E-state index is 11.4. The lowest BCUT2D eigenvalue weighted by Gasteiger charge is -2.08. The van der Waals surface area contributed by atoms with Gasteiger partial charge in [-0.3, -0.25) is 9.59 Å². The molecule has 0 bridgehead atoms. The van der Waals surface area contributed by atoms with Gasteiger partial charge in [0.05, 0.1) is 19.8 Å². The lowest BCUT2D eigenvalue weighted by molar-refractivity contribution is -0.119. The number of ketones is 2. The van der Waals surface area contributed by atoms with Gasteiger partial charge in [-0.1, -0.05) is 0 Å². The molecular weight excluding hydrogens is 232 g/mol. The highest BCUT2D eigenvalue weighted by molar-refractivity contribution is 6.21. The topological polar surface area (TPSA) is 52.6 Å². The molecule has 0 aromatic heterocycles. The van der Waals surface area contributed by atoms with Crippen molar-refractivity contribution in [3.8, 4) is 11.5 Å². The number of benzene rings is 1. The number of methoxy groups -OCH3 is 2. The summed E-state index contributed by atoms with van der Waals surface area (Å²) in [7, 11) is 3.08. The van der Waals surface area contributed by atoms with Crippen LogP contribution in [0.2, 0.25) is 0 Å². The number of ether oxygens (including phenoxy) is 2. The molecule has 1 rings (SSSR count). The van der Waals surface area contributed by atoms with Crippen molar-refractivity contribution in [3.63, 3.8) is 0 Å². The van der Waals surface area contributed by atoms with Gasteiger partial charge in [0.15, 0.2) is 11.6 Å². The number of rotatable bonds is 5. The number of hydrogen-bond acceptors (Lipinski definition) is 4. The Kier molecular flexibility index (Phi) is 4.66. The molecule has 0 aliphatic heterocycles. The summed E-state index contributed by atoms with van der Waals surface area (Å²) in [4.78, 5) is 22.7. The highest BCUT2D eigenvalue weighted by Crippen LogP contribution is 2.26. The van der Waals surface area contributed by atoms with Crippen LogP contribution in [0, 0.1) is 0 Å². The zero-order valence-corrected chi connectivity index (χ0v) is 10.9. The molecule has 1 aromatic carbocycles. The number of carbonyl (C=O) groups is 2. The predicted octanol–water partition coefficient (Wildman–Crippen LogP) is 2.27. The maximum Gasteiger partial charge on any atom is 0.163 e. The van der Waals surface area contributed by atoms with Crippen molar-refractivity contribution in [2.75, 3.05) is 14.2 Å². The van der Waals surface area contributed by atoms with E-state index in [-0.39, 0.29) is 17.1 Å². The zero-order valence-electron chi connectivity index (χ0n) is 10.9. The second-order valence-electron chi connectivity index (χ2n) is 3.78. The summed E-state index contributed by atoms with van der Waals surface area (Å²) in [6, 6.07) is 5.18. The third-order valence-electron chi connectivity index (χ3n) is 2.50. The second kappa shape index (κ2) is 6.00. The SMILES string of the molecule is COc1ccc(C=C(C(C)=O)C(C)=O)c(OC)c1. The van der Waals surface area contributed by atoms with Crippen LogP contribution in [0.1, 0.15) is 19.4 Å². The Balaban J connectivity index is 3.28. The Bertz CT molecular complexity index is 485. The number of allylic oxidation sites excluding steroid dienone is 1. The average molecular weight is 248 g/mol. The van der Waals surface area contributed by atoms with E-state index in [1.165, 1.54) is 27.0 Å². The predicted molar refractivity (Wildman–Crippen MR) is 68.9 cm³/mol. The van der Waals surface area contributed by atoms with Crippen molar-refractivity contribution in [1.82, 2.24) is 0 Å². The van der Waals surface area contributed by atoms with Crippen LogP contribution in [0.3, 0.4) is 0 Å². The molecule has 0 aliphatic rings. The van der Waals surface area contributed by atoms with Crippen molar-refractivity contribution >= 4 is 17.6 Å². The van der Waals surface area contributed by atoms with Gasteiger partial charge in [0.1, 0.15) is 11.5 Å². The van der Waals surface area contributed by atoms with Gasteiger partial charge in [-0.05, 0) is 32.1 Å². The molecule has 0 N–H and O–H groups in total. The van der Waals surface area contributed by atoms with Gasteiger partial charge in [0.2, 0.25) is 0 Å². The molecule has 0 spiro atoms. The normalized spacial score (nSPS) is 9.56. The van der Waals surface area contributed by atoms with Crippen molar-refractivity contribution in [3.05, 3.63) is 29.3 Å². The first kappa shape index (κ1) is 14.0. The zero-order chi connectivity index (χ0) is 13.7. The average Bonchev–Trinajstić information content (AvgIpc) is 2.34. The number of Topliss-reactive ketones (excluding diaryl/α,β-unsaturated/α-hetero) is 2. The molecule has 0 fully saturated rings. The molecule has 0 saturated carbocycles. The van der Waals surface area contributed by atoms with Crippen LogP contribution in [0.25, 0.3) is 6.08 Å². The maximum absolute atomic E-state index is 11.4. The highest BCUT2D eigenvalue weighted by atomic mass is 16.5. The van der Waals surface area contributed by atoms with Crippen molar-refractivity contribution in [2.24, 2.45) is 0 Å². The molecule has 96 valence electrons. The molecule has 0 heterocycles. The van der Waals surface area contributed by atoms with E-state index < -0.39 is 0 Å². The summed E-state index contributed by atoms with van der Waals surface area (Å²) in [5.41, 5.74) is 0.817. The Morgan fingerprint density at radius 1 is 1.06 bits per heavy atom. The van der Waals surface area contributed by atoms with Crippen LogP contribution in [-0.4, -0.2) is 25.8 Å². The third-order valence-corrected chi connectivity index (χ3v) is 2.50. The van der Waals surface area contributed by atoms with E-state index >= 15 is 0 Å². The first-order chi connectivity index (χ1) is 8.49. The second-order valence-corrected chi connectivity index (χ2v) is 3.78. The lowest BCUT2D eigenvalue weighted by Crippen LogP contribution is -2.06. The molecule has 1 aromatic rings. The Hall–Kier alpha value is -2.10. The summed E-state index contributed by atoms with van der Waals surface area (Å²) in [5, 5.41) is 0. The largest absolute Gasteiger partial charge is 0.497 e. The van der Waals surface area contributed by atoms with Gasteiger partial charge in [-0.25, -0.2) is 0 Å². The molecule has 4 heteroatoms. The minimum Gasteiger partial charge on any atom is -0.497 e. The molecule has 18 heavy (non-hydrogen) atoms. The first-order valence-electron chi connectivity index (χ1n) is 5.45. The standard InChI is InChI=1S/C14H16O4/c1-9(15)13(10(2)16)7-11-5-6-12(17-3)8-14(11)18-4/h5-8H,1-4H3. The fourth-order valence-electron chi connectivity index (χ4n) is 1.54. The van der Waals surface area contributed by atoms with E-state index in [0.717, 1.165) is 0 Å². The Labute approximate surface area is 106 Å². The van der Waals surface area contributed by atoms with Crippen molar-refractivity contribution in [2.45, 2.75) is 13.8 Å². The Morgan fingerprint density at radius 3 is 2.11 bits per heavy atom. The van der Waals surface area contributed by atoms with Gasteiger partial charge >= 0.3 is 0 Å². The van der Waals surface area contributed by atoms with E-state index in [0.29, 0.717) is 17.1 Å². The van der Waals surface area contributed by atoms with Gasteiger partial charge in [-0.15, -0.1) is 0 Å². The summed E-state index contributed by atoms with van der Waals surface area (Å²) in [6.07, 6.45) is 1.53. The molecular formula is C14H16O4. The van der Waals surface area contributed by atoms with Gasteiger partial charge in [-0.2, -0.15) is 0 Å². The summed E-state index contributed by atoms with van der Waals surface area (Å²) in [5.74, 6) is 0.672. The smallest absolute Gasteiger partial charge is 0.163 e.